The van der Waals surface area contributed by atoms with Crippen molar-refractivity contribution in [2.24, 2.45) is 0 Å². The van der Waals surface area contributed by atoms with Crippen LogP contribution in [0.15, 0.2) is 47.2 Å². The topological polar surface area (TPSA) is 28.7 Å². The number of halogens is 2. The van der Waals surface area contributed by atoms with Crippen molar-refractivity contribution >= 4 is 39.2 Å². The third-order valence-electron chi connectivity index (χ3n) is 2.97. The molecule has 0 unspecified atom stereocenters. The molecule has 0 fully saturated rings. The first-order valence-electron chi connectivity index (χ1n) is 5.44. The first kappa shape index (κ1) is 13.1. The smallest absolute Gasteiger partial charge is 0.0510 e. The Morgan fingerprint density at radius 2 is 2.06 bits per heavy atom. The average molecular weight is 324 g/mol. The van der Waals surface area contributed by atoms with Gasteiger partial charge in [0, 0.05) is 33.3 Å². The van der Waals surface area contributed by atoms with Crippen LogP contribution < -0.4 is 0 Å². The van der Waals surface area contributed by atoms with Gasteiger partial charge in [-0.15, -0.1) is 12.4 Å². The molecular formula is C14H12BrClN2. The summed E-state index contributed by atoms with van der Waals surface area (Å²) in [4.78, 5) is 7.61. The molecule has 1 aromatic carbocycles. The molecule has 0 atom stereocenters. The normalized spacial score (nSPS) is 10.3. The number of pyridine rings is 1. The third-order valence-corrected chi connectivity index (χ3v) is 3.46. The summed E-state index contributed by atoms with van der Waals surface area (Å²) < 4.78 is 1.10. The van der Waals surface area contributed by atoms with Gasteiger partial charge in [0.05, 0.1) is 5.69 Å². The van der Waals surface area contributed by atoms with Gasteiger partial charge in [-0.2, -0.15) is 0 Å². The van der Waals surface area contributed by atoms with Gasteiger partial charge in [-0.1, -0.05) is 15.9 Å². The molecule has 4 heteroatoms. The zero-order valence-corrected chi connectivity index (χ0v) is 12.2. The number of aryl methyl sites for hydroxylation is 1. The standard InChI is InChI=1S/C14H11BrN2.ClH/c1-9-12-7-11(15)4-5-13(12)17-14(9)10-3-2-6-16-8-10;/h2-8,17H,1H3;1H. The van der Waals surface area contributed by atoms with Gasteiger partial charge in [0.15, 0.2) is 0 Å². The van der Waals surface area contributed by atoms with E-state index in [4.69, 9.17) is 0 Å². The number of aromatic amines is 1. The average Bonchev–Trinajstić information content (AvgIpc) is 2.68. The van der Waals surface area contributed by atoms with Gasteiger partial charge in [0.1, 0.15) is 0 Å². The van der Waals surface area contributed by atoms with Crippen molar-refractivity contribution in [1.82, 2.24) is 9.97 Å². The molecule has 0 spiro atoms. The summed E-state index contributed by atoms with van der Waals surface area (Å²) in [6.07, 6.45) is 3.67. The highest BCUT2D eigenvalue weighted by Gasteiger charge is 2.09. The van der Waals surface area contributed by atoms with Crippen LogP contribution in [0.5, 0.6) is 0 Å². The molecule has 0 aliphatic rings. The fraction of sp³-hybridized carbons (Fsp3) is 0.0714. The van der Waals surface area contributed by atoms with Crippen molar-refractivity contribution in [2.75, 3.05) is 0 Å². The molecule has 0 saturated carbocycles. The summed E-state index contributed by atoms with van der Waals surface area (Å²) in [5, 5.41) is 1.25. The lowest BCUT2D eigenvalue weighted by atomic mass is 10.1. The zero-order chi connectivity index (χ0) is 11.8. The van der Waals surface area contributed by atoms with Crippen LogP contribution in [0.1, 0.15) is 5.56 Å². The van der Waals surface area contributed by atoms with Crippen molar-refractivity contribution < 1.29 is 0 Å². The summed E-state index contributed by atoms with van der Waals surface area (Å²) in [5.74, 6) is 0. The Morgan fingerprint density at radius 1 is 1.22 bits per heavy atom. The van der Waals surface area contributed by atoms with Crippen molar-refractivity contribution in [3.05, 3.63) is 52.8 Å². The van der Waals surface area contributed by atoms with Gasteiger partial charge in [-0.3, -0.25) is 4.98 Å². The van der Waals surface area contributed by atoms with E-state index in [1.54, 1.807) is 6.20 Å². The van der Waals surface area contributed by atoms with Gasteiger partial charge >= 0.3 is 0 Å². The van der Waals surface area contributed by atoms with Crippen LogP contribution in [0, 0.1) is 6.92 Å². The predicted octanol–water partition coefficient (Wildman–Crippen LogP) is 4.72. The third kappa shape index (κ3) is 2.16. The number of rotatable bonds is 1. The molecule has 0 aliphatic carbocycles. The number of hydrogen-bond donors (Lipinski definition) is 1. The van der Waals surface area contributed by atoms with E-state index in [0.29, 0.717) is 0 Å². The Balaban J connectivity index is 0.00000120. The van der Waals surface area contributed by atoms with Crippen LogP contribution >= 0.6 is 28.3 Å². The summed E-state index contributed by atoms with van der Waals surface area (Å²) in [5.41, 5.74) is 4.68. The predicted molar refractivity (Wildman–Crippen MR) is 81.2 cm³/mol. The highest BCUT2D eigenvalue weighted by Crippen LogP contribution is 2.30. The van der Waals surface area contributed by atoms with Crippen LogP contribution in [-0.4, -0.2) is 9.97 Å². The second-order valence-electron chi connectivity index (χ2n) is 4.06. The SMILES string of the molecule is Cc1c(-c2cccnc2)[nH]c2ccc(Br)cc12.Cl. The maximum Gasteiger partial charge on any atom is 0.0510 e. The van der Waals surface area contributed by atoms with Crippen LogP contribution in [0.2, 0.25) is 0 Å². The molecule has 1 N–H and O–H groups in total. The first-order chi connectivity index (χ1) is 8.25. The Hall–Kier alpha value is -1.32. The molecule has 3 aromatic rings. The highest BCUT2D eigenvalue weighted by molar-refractivity contribution is 9.10. The van der Waals surface area contributed by atoms with E-state index in [-0.39, 0.29) is 12.4 Å². The van der Waals surface area contributed by atoms with E-state index in [9.17, 15) is 0 Å². The lowest BCUT2D eigenvalue weighted by Gasteiger charge is -1.98. The summed E-state index contributed by atoms with van der Waals surface area (Å²) in [7, 11) is 0. The lowest BCUT2D eigenvalue weighted by molar-refractivity contribution is 1.30. The van der Waals surface area contributed by atoms with Crippen molar-refractivity contribution in [3.8, 4) is 11.3 Å². The Labute approximate surface area is 120 Å². The van der Waals surface area contributed by atoms with Gasteiger partial charge in [0.25, 0.3) is 0 Å². The molecule has 2 heterocycles. The number of benzene rings is 1. The molecule has 0 amide bonds. The van der Waals surface area contributed by atoms with Crippen molar-refractivity contribution in [3.63, 3.8) is 0 Å². The van der Waals surface area contributed by atoms with E-state index in [1.807, 2.05) is 18.3 Å². The number of fused-ring (bicyclic) bond motifs is 1. The molecule has 0 radical (unpaired) electrons. The molecule has 0 bridgehead atoms. The van der Waals surface area contributed by atoms with Crippen LogP contribution in [0.4, 0.5) is 0 Å². The first-order valence-corrected chi connectivity index (χ1v) is 6.23. The van der Waals surface area contributed by atoms with E-state index in [1.165, 1.54) is 10.9 Å². The maximum atomic E-state index is 4.16. The minimum Gasteiger partial charge on any atom is -0.354 e. The van der Waals surface area contributed by atoms with E-state index in [0.717, 1.165) is 21.2 Å². The fourth-order valence-electron chi connectivity index (χ4n) is 2.10. The maximum absolute atomic E-state index is 4.16. The van der Waals surface area contributed by atoms with Gasteiger partial charge in [0.2, 0.25) is 0 Å². The molecule has 18 heavy (non-hydrogen) atoms. The molecule has 2 nitrogen and oxygen atoms in total. The molecule has 92 valence electrons. The van der Waals surface area contributed by atoms with Gasteiger partial charge in [-0.05, 0) is 42.8 Å². The molecule has 2 aromatic heterocycles. The number of nitrogens with one attached hydrogen (secondary N) is 1. The molecular weight excluding hydrogens is 312 g/mol. The van der Waals surface area contributed by atoms with Crippen molar-refractivity contribution in [1.29, 1.82) is 0 Å². The minimum absolute atomic E-state index is 0. The monoisotopic (exact) mass is 322 g/mol. The lowest BCUT2D eigenvalue weighted by Crippen LogP contribution is -1.81. The fourth-order valence-corrected chi connectivity index (χ4v) is 2.46. The van der Waals surface area contributed by atoms with Crippen LogP contribution in [-0.2, 0) is 0 Å². The quantitative estimate of drug-likeness (QED) is 0.689. The van der Waals surface area contributed by atoms with Crippen LogP contribution in [0.25, 0.3) is 22.2 Å². The zero-order valence-electron chi connectivity index (χ0n) is 9.77. The summed E-state index contributed by atoms with van der Waals surface area (Å²) in [6.45, 7) is 2.13. The van der Waals surface area contributed by atoms with Gasteiger partial charge in [-0.25, -0.2) is 0 Å². The Kier molecular flexibility index (Phi) is 3.73. The molecule has 0 saturated heterocycles. The summed E-state index contributed by atoms with van der Waals surface area (Å²) >= 11 is 3.51. The largest absolute Gasteiger partial charge is 0.354 e. The van der Waals surface area contributed by atoms with Gasteiger partial charge < -0.3 is 4.98 Å². The van der Waals surface area contributed by atoms with E-state index < -0.39 is 0 Å². The Bertz CT molecular complexity index is 677. The minimum atomic E-state index is 0. The number of nitrogens with zero attached hydrogens (tertiary/aromatic N) is 1. The molecule has 3 rings (SSSR count). The number of aromatic nitrogens is 2. The number of H-pyrrole nitrogens is 1. The summed E-state index contributed by atoms with van der Waals surface area (Å²) in [6, 6.07) is 10.3. The van der Waals surface area contributed by atoms with Crippen LogP contribution in [0.3, 0.4) is 0 Å². The van der Waals surface area contributed by atoms with E-state index in [2.05, 4.69) is 51.0 Å². The van der Waals surface area contributed by atoms with E-state index >= 15 is 0 Å². The molecule has 0 aliphatic heterocycles. The van der Waals surface area contributed by atoms with Crippen molar-refractivity contribution in [2.45, 2.75) is 6.92 Å². The second kappa shape index (κ2) is 5.12. The second-order valence-corrected chi connectivity index (χ2v) is 4.97. The number of hydrogen-bond acceptors (Lipinski definition) is 1. The Morgan fingerprint density at radius 3 is 2.78 bits per heavy atom. The highest BCUT2D eigenvalue weighted by atomic mass is 79.9.